The van der Waals surface area contributed by atoms with Crippen LogP contribution in [-0.2, 0) is 12.8 Å². The fraction of sp³-hybridized carbons (Fsp3) is 0.368. The summed E-state index contributed by atoms with van der Waals surface area (Å²) < 4.78 is 27.3. The Hall–Kier alpha value is -2.34. The third-order valence-corrected chi connectivity index (χ3v) is 5.08. The van der Waals surface area contributed by atoms with Gasteiger partial charge in [-0.05, 0) is 42.2 Å². The third kappa shape index (κ3) is 2.91. The Morgan fingerprint density at radius 2 is 2.20 bits per heavy atom. The fourth-order valence-electron chi connectivity index (χ4n) is 3.80. The van der Waals surface area contributed by atoms with Crippen LogP contribution in [0.15, 0.2) is 30.5 Å². The Balaban J connectivity index is 1.64. The van der Waals surface area contributed by atoms with Crippen molar-refractivity contribution in [3.63, 3.8) is 0 Å². The Morgan fingerprint density at radius 3 is 3.08 bits per heavy atom. The fourth-order valence-corrected chi connectivity index (χ4v) is 3.80. The zero-order chi connectivity index (χ0) is 17.4. The summed E-state index contributed by atoms with van der Waals surface area (Å²) in [6.07, 6.45) is 3.61. The SMILES string of the molecule is O=C(Cc1ccnc2c1CC[C@@H]1CNCCN21)c1cccc(F)c1F. The molecule has 3 heterocycles. The maximum absolute atomic E-state index is 13.9. The van der Waals surface area contributed by atoms with Gasteiger partial charge in [0.25, 0.3) is 0 Å². The van der Waals surface area contributed by atoms with Gasteiger partial charge in [-0.2, -0.15) is 0 Å². The van der Waals surface area contributed by atoms with Gasteiger partial charge in [-0.3, -0.25) is 4.79 Å². The van der Waals surface area contributed by atoms with Crippen LogP contribution in [0.25, 0.3) is 0 Å². The molecule has 0 aliphatic carbocycles. The van der Waals surface area contributed by atoms with Crippen LogP contribution in [0.3, 0.4) is 0 Å². The largest absolute Gasteiger partial charge is 0.351 e. The maximum Gasteiger partial charge on any atom is 0.170 e. The molecule has 0 amide bonds. The molecular formula is C19H19F2N3O. The summed E-state index contributed by atoms with van der Waals surface area (Å²) in [5.41, 5.74) is 1.72. The quantitative estimate of drug-likeness (QED) is 0.870. The molecule has 2 aliphatic rings. The highest BCUT2D eigenvalue weighted by Crippen LogP contribution is 2.32. The van der Waals surface area contributed by atoms with Crippen molar-refractivity contribution in [1.29, 1.82) is 0 Å². The molecule has 4 nitrogen and oxygen atoms in total. The number of halogens is 2. The van der Waals surface area contributed by atoms with Crippen LogP contribution in [0.1, 0.15) is 27.9 Å². The lowest BCUT2D eigenvalue weighted by atomic mass is 9.91. The number of rotatable bonds is 3. The number of carbonyl (C=O) groups excluding carboxylic acids is 1. The van der Waals surface area contributed by atoms with Crippen LogP contribution in [0.2, 0.25) is 0 Å². The second-order valence-corrected chi connectivity index (χ2v) is 6.56. The number of Topliss-reactive ketones (excluding diaryl/α,β-unsaturated/α-hetero) is 1. The number of fused-ring (bicyclic) bond motifs is 3. The molecule has 6 heteroatoms. The van der Waals surface area contributed by atoms with Crippen molar-refractivity contribution in [3.05, 3.63) is 58.8 Å². The highest BCUT2D eigenvalue weighted by Gasteiger charge is 2.31. The van der Waals surface area contributed by atoms with E-state index in [9.17, 15) is 13.6 Å². The molecule has 1 saturated heterocycles. The van der Waals surface area contributed by atoms with Crippen molar-refractivity contribution in [3.8, 4) is 0 Å². The average Bonchev–Trinajstić information content (AvgIpc) is 2.64. The van der Waals surface area contributed by atoms with Gasteiger partial charge in [0.15, 0.2) is 17.4 Å². The molecule has 1 fully saturated rings. The van der Waals surface area contributed by atoms with Gasteiger partial charge in [0.2, 0.25) is 0 Å². The molecule has 1 N–H and O–H groups in total. The van der Waals surface area contributed by atoms with Gasteiger partial charge in [-0.1, -0.05) is 6.07 Å². The van der Waals surface area contributed by atoms with E-state index < -0.39 is 17.4 Å². The predicted molar refractivity (Wildman–Crippen MR) is 91.0 cm³/mol. The van der Waals surface area contributed by atoms with Gasteiger partial charge in [0.1, 0.15) is 5.82 Å². The van der Waals surface area contributed by atoms with Crippen molar-refractivity contribution in [2.24, 2.45) is 0 Å². The van der Waals surface area contributed by atoms with Gasteiger partial charge in [0, 0.05) is 38.3 Å². The Bertz CT molecular complexity index is 824. The van der Waals surface area contributed by atoms with E-state index in [1.807, 2.05) is 6.07 Å². The second-order valence-electron chi connectivity index (χ2n) is 6.56. The summed E-state index contributed by atoms with van der Waals surface area (Å²) in [4.78, 5) is 19.3. The molecule has 2 aliphatic heterocycles. The highest BCUT2D eigenvalue weighted by atomic mass is 19.2. The Labute approximate surface area is 144 Å². The number of carbonyl (C=O) groups is 1. The zero-order valence-corrected chi connectivity index (χ0v) is 13.8. The first-order chi connectivity index (χ1) is 12.1. The van der Waals surface area contributed by atoms with Crippen molar-refractivity contribution in [2.45, 2.75) is 25.3 Å². The number of hydrogen-bond donors (Lipinski definition) is 1. The number of ketones is 1. The lowest BCUT2D eigenvalue weighted by molar-refractivity contribution is 0.0988. The highest BCUT2D eigenvalue weighted by molar-refractivity contribution is 5.98. The number of benzene rings is 1. The van der Waals surface area contributed by atoms with Crippen molar-refractivity contribution >= 4 is 11.6 Å². The lowest BCUT2D eigenvalue weighted by Gasteiger charge is -2.41. The van der Waals surface area contributed by atoms with E-state index >= 15 is 0 Å². The van der Waals surface area contributed by atoms with Gasteiger partial charge >= 0.3 is 0 Å². The first-order valence-electron chi connectivity index (χ1n) is 8.56. The monoisotopic (exact) mass is 343 g/mol. The first-order valence-corrected chi connectivity index (χ1v) is 8.56. The van der Waals surface area contributed by atoms with Crippen LogP contribution < -0.4 is 10.2 Å². The van der Waals surface area contributed by atoms with E-state index in [1.54, 1.807) is 6.20 Å². The first kappa shape index (κ1) is 16.1. The predicted octanol–water partition coefficient (Wildman–Crippen LogP) is 2.51. The number of piperazine rings is 1. The summed E-state index contributed by atoms with van der Waals surface area (Å²) in [5, 5.41) is 3.39. The van der Waals surface area contributed by atoms with Crippen LogP contribution in [0.4, 0.5) is 14.6 Å². The number of nitrogens with one attached hydrogen (secondary N) is 1. The molecule has 1 aromatic carbocycles. The van der Waals surface area contributed by atoms with Gasteiger partial charge in [0.05, 0.1) is 5.56 Å². The standard InChI is InChI=1S/C19H19F2N3O/c20-16-3-1-2-15(18(16)21)17(25)10-12-6-7-23-19-14(12)5-4-13-11-22-8-9-24(13)19/h1-3,6-7,13,22H,4-5,8-11H2/t13-/m1/s1. The van der Waals surface area contributed by atoms with Crippen LogP contribution in [0, 0.1) is 11.6 Å². The van der Waals surface area contributed by atoms with Crippen LogP contribution in [0.5, 0.6) is 0 Å². The zero-order valence-electron chi connectivity index (χ0n) is 13.8. The van der Waals surface area contributed by atoms with E-state index in [0.717, 1.165) is 55.5 Å². The molecule has 0 spiro atoms. The molecule has 130 valence electrons. The Kier molecular flexibility index (Phi) is 4.21. The van der Waals surface area contributed by atoms with E-state index in [1.165, 1.54) is 12.1 Å². The molecular weight excluding hydrogens is 324 g/mol. The number of nitrogens with zero attached hydrogens (tertiary/aromatic N) is 2. The summed E-state index contributed by atoms with van der Waals surface area (Å²) in [6.45, 7) is 2.74. The third-order valence-electron chi connectivity index (χ3n) is 5.08. The van der Waals surface area contributed by atoms with Gasteiger partial charge in [-0.15, -0.1) is 0 Å². The van der Waals surface area contributed by atoms with Crippen molar-refractivity contribution in [2.75, 3.05) is 24.5 Å². The normalized spacial score (nSPS) is 19.3. The van der Waals surface area contributed by atoms with Crippen molar-refractivity contribution in [1.82, 2.24) is 10.3 Å². The molecule has 1 aromatic heterocycles. The number of hydrogen-bond acceptors (Lipinski definition) is 4. The van der Waals surface area contributed by atoms with Gasteiger partial charge in [-0.25, -0.2) is 13.8 Å². The molecule has 1 atom stereocenters. The van der Waals surface area contributed by atoms with E-state index in [-0.39, 0.29) is 12.0 Å². The van der Waals surface area contributed by atoms with E-state index in [0.29, 0.717) is 6.04 Å². The molecule has 4 rings (SSSR count). The molecule has 2 aromatic rings. The molecule has 0 bridgehead atoms. The smallest absolute Gasteiger partial charge is 0.170 e. The van der Waals surface area contributed by atoms with Crippen molar-refractivity contribution < 1.29 is 13.6 Å². The number of anilines is 1. The van der Waals surface area contributed by atoms with Crippen LogP contribution >= 0.6 is 0 Å². The molecule has 25 heavy (non-hydrogen) atoms. The van der Waals surface area contributed by atoms with E-state index in [2.05, 4.69) is 15.2 Å². The van der Waals surface area contributed by atoms with E-state index in [4.69, 9.17) is 0 Å². The molecule has 0 unspecified atom stereocenters. The summed E-state index contributed by atoms with van der Waals surface area (Å²) >= 11 is 0. The lowest BCUT2D eigenvalue weighted by Crippen LogP contribution is -2.53. The van der Waals surface area contributed by atoms with Crippen LogP contribution in [-0.4, -0.2) is 36.4 Å². The minimum Gasteiger partial charge on any atom is -0.351 e. The minimum absolute atomic E-state index is 0.0575. The molecule has 0 radical (unpaired) electrons. The minimum atomic E-state index is -1.07. The van der Waals surface area contributed by atoms with Gasteiger partial charge < -0.3 is 10.2 Å². The topological polar surface area (TPSA) is 45.2 Å². The average molecular weight is 343 g/mol. The second kappa shape index (κ2) is 6.52. The number of pyridine rings is 1. The number of aromatic nitrogens is 1. The summed E-state index contributed by atoms with van der Waals surface area (Å²) in [6, 6.07) is 5.96. The molecule has 0 saturated carbocycles. The summed E-state index contributed by atoms with van der Waals surface area (Å²) in [5.74, 6) is -1.54. The summed E-state index contributed by atoms with van der Waals surface area (Å²) in [7, 11) is 0. The maximum atomic E-state index is 13.9. The Morgan fingerprint density at radius 1 is 1.32 bits per heavy atom.